The molecule has 1 unspecified atom stereocenters. The summed E-state index contributed by atoms with van der Waals surface area (Å²) in [7, 11) is 0. The van der Waals surface area contributed by atoms with Crippen LogP contribution in [0.5, 0.6) is 0 Å². The Morgan fingerprint density at radius 3 is 2.29 bits per heavy atom. The molecular formula is C10H14N2O2. The van der Waals surface area contributed by atoms with Gasteiger partial charge in [-0.1, -0.05) is 19.1 Å². The van der Waals surface area contributed by atoms with Crippen LogP contribution in [0.4, 0.5) is 5.69 Å². The summed E-state index contributed by atoms with van der Waals surface area (Å²) >= 11 is 0. The molecular weight excluding hydrogens is 180 g/mol. The molecule has 76 valence electrons. The fourth-order valence-corrected chi connectivity index (χ4v) is 1.17. The van der Waals surface area contributed by atoms with Gasteiger partial charge in [0.2, 0.25) is 0 Å². The maximum Gasteiger partial charge on any atom is 0.269 e. The minimum atomic E-state index is -0.413. The van der Waals surface area contributed by atoms with Gasteiger partial charge < -0.3 is 5.73 Å². The molecule has 4 heteroatoms. The van der Waals surface area contributed by atoms with Crippen molar-refractivity contribution in [3.05, 3.63) is 39.9 Å². The second kappa shape index (κ2) is 3.75. The molecule has 0 heterocycles. The van der Waals surface area contributed by atoms with E-state index < -0.39 is 10.5 Å². The highest BCUT2D eigenvalue weighted by Gasteiger charge is 2.19. The minimum absolute atomic E-state index is 0.0978. The van der Waals surface area contributed by atoms with Crippen LogP contribution in [-0.4, -0.2) is 4.92 Å². The highest BCUT2D eigenvalue weighted by molar-refractivity contribution is 5.35. The van der Waals surface area contributed by atoms with Crippen molar-refractivity contribution in [2.24, 2.45) is 5.73 Å². The SMILES string of the molecule is CCC(C)(N)c1ccc([N+](=O)[O-])cc1. The first-order valence-electron chi connectivity index (χ1n) is 4.51. The second-order valence-electron chi connectivity index (χ2n) is 3.58. The molecule has 0 spiro atoms. The number of benzene rings is 1. The van der Waals surface area contributed by atoms with Crippen molar-refractivity contribution in [3.8, 4) is 0 Å². The molecule has 0 radical (unpaired) electrons. The Balaban J connectivity index is 2.99. The lowest BCUT2D eigenvalue weighted by atomic mass is 9.90. The molecule has 14 heavy (non-hydrogen) atoms. The first kappa shape index (κ1) is 10.7. The predicted octanol–water partition coefficient (Wildman–Crippen LogP) is 2.18. The zero-order valence-corrected chi connectivity index (χ0v) is 8.36. The number of nitrogens with two attached hydrogens (primary N) is 1. The first-order valence-corrected chi connectivity index (χ1v) is 4.51. The Kier molecular flexibility index (Phi) is 2.86. The van der Waals surface area contributed by atoms with E-state index in [-0.39, 0.29) is 5.69 Å². The van der Waals surface area contributed by atoms with E-state index in [1.54, 1.807) is 12.1 Å². The second-order valence-corrected chi connectivity index (χ2v) is 3.58. The lowest BCUT2D eigenvalue weighted by Gasteiger charge is -2.22. The summed E-state index contributed by atoms with van der Waals surface area (Å²) in [6.45, 7) is 3.90. The molecule has 0 aliphatic heterocycles. The van der Waals surface area contributed by atoms with Gasteiger partial charge in [-0.15, -0.1) is 0 Å². The number of nitrogens with zero attached hydrogens (tertiary/aromatic N) is 1. The van der Waals surface area contributed by atoms with Crippen molar-refractivity contribution in [3.63, 3.8) is 0 Å². The number of rotatable bonds is 3. The van der Waals surface area contributed by atoms with Crippen LogP contribution in [0.2, 0.25) is 0 Å². The summed E-state index contributed by atoms with van der Waals surface area (Å²) < 4.78 is 0. The van der Waals surface area contributed by atoms with E-state index in [2.05, 4.69) is 0 Å². The molecule has 1 aromatic carbocycles. The van der Waals surface area contributed by atoms with Crippen LogP contribution in [-0.2, 0) is 5.54 Å². The Labute approximate surface area is 82.9 Å². The molecule has 0 bridgehead atoms. The Morgan fingerprint density at radius 1 is 1.43 bits per heavy atom. The summed E-state index contributed by atoms with van der Waals surface area (Å²) in [4.78, 5) is 9.99. The van der Waals surface area contributed by atoms with Crippen LogP contribution in [0.15, 0.2) is 24.3 Å². The molecule has 1 atom stereocenters. The molecule has 0 amide bonds. The van der Waals surface area contributed by atoms with Gasteiger partial charge in [0.05, 0.1) is 4.92 Å². The normalized spacial score (nSPS) is 14.8. The zero-order chi connectivity index (χ0) is 10.8. The van der Waals surface area contributed by atoms with Crippen molar-refractivity contribution in [2.45, 2.75) is 25.8 Å². The van der Waals surface area contributed by atoms with Gasteiger partial charge in [-0.3, -0.25) is 10.1 Å². The largest absolute Gasteiger partial charge is 0.322 e. The standard InChI is InChI=1S/C10H14N2O2/c1-3-10(2,11)8-4-6-9(7-5-8)12(13)14/h4-7H,3,11H2,1-2H3. The molecule has 0 aliphatic rings. The van der Waals surface area contributed by atoms with Gasteiger partial charge >= 0.3 is 0 Å². The van der Waals surface area contributed by atoms with Crippen molar-refractivity contribution < 1.29 is 4.92 Å². The molecule has 0 fully saturated rings. The van der Waals surface area contributed by atoms with Crippen molar-refractivity contribution in [1.82, 2.24) is 0 Å². The smallest absolute Gasteiger partial charge is 0.269 e. The van der Waals surface area contributed by atoms with E-state index in [1.807, 2.05) is 13.8 Å². The monoisotopic (exact) mass is 194 g/mol. The quantitative estimate of drug-likeness (QED) is 0.592. The summed E-state index contributed by atoms with van der Waals surface area (Å²) in [6, 6.07) is 6.38. The van der Waals surface area contributed by atoms with Gasteiger partial charge in [0.1, 0.15) is 0 Å². The zero-order valence-electron chi connectivity index (χ0n) is 8.36. The molecule has 0 saturated heterocycles. The average Bonchev–Trinajstić information content (AvgIpc) is 2.18. The fraction of sp³-hybridized carbons (Fsp3) is 0.400. The van der Waals surface area contributed by atoms with Crippen molar-refractivity contribution >= 4 is 5.69 Å². The van der Waals surface area contributed by atoms with E-state index in [1.165, 1.54) is 12.1 Å². The van der Waals surface area contributed by atoms with Gasteiger partial charge in [0, 0.05) is 17.7 Å². The highest BCUT2D eigenvalue weighted by Crippen LogP contribution is 2.23. The summed E-state index contributed by atoms with van der Waals surface area (Å²) in [5, 5.41) is 10.4. The van der Waals surface area contributed by atoms with Crippen molar-refractivity contribution in [2.75, 3.05) is 0 Å². The van der Waals surface area contributed by atoms with Gasteiger partial charge in [0.15, 0.2) is 0 Å². The topological polar surface area (TPSA) is 69.2 Å². The van der Waals surface area contributed by atoms with Gasteiger partial charge in [0.25, 0.3) is 5.69 Å². The Bertz CT molecular complexity index is 330. The van der Waals surface area contributed by atoms with Crippen LogP contribution in [0, 0.1) is 10.1 Å². The fourth-order valence-electron chi connectivity index (χ4n) is 1.17. The molecule has 1 rings (SSSR count). The third kappa shape index (κ3) is 2.09. The third-order valence-electron chi connectivity index (χ3n) is 2.47. The highest BCUT2D eigenvalue weighted by atomic mass is 16.6. The lowest BCUT2D eigenvalue weighted by molar-refractivity contribution is -0.384. The minimum Gasteiger partial charge on any atom is -0.322 e. The van der Waals surface area contributed by atoms with Crippen LogP contribution >= 0.6 is 0 Å². The number of non-ortho nitro benzene ring substituents is 1. The van der Waals surface area contributed by atoms with Crippen LogP contribution in [0.25, 0.3) is 0 Å². The van der Waals surface area contributed by atoms with Gasteiger partial charge in [-0.25, -0.2) is 0 Å². The summed E-state index contributed by atoms with van der Waals surface area (Å²) in [5.74, 6) is 0. The van der Waals surface area contributed by atoms with E-state index in [9.17, 15) is 10.1 Å². The lowest BCUT2D eigenvalue weighted by Crippen LogP contribution is -2.31. The Morgan fingerprint density at radius 2 is 1.93 bits per heavy atom. The average molecular weight is 194 g/mol. The number of hydrogen-bond acceptors (Lipinski definition) is 3. The third-order valence-corrected chi connectivity index (χ3v) is 2.47. The molecule has 4 nitrogen and oxygen atoms in total. The van der Waals surface area contributed by atoms with Crippen molar-refractivity contribution in [1.29, 1.82) is 0 Å². The van der Waals surface area contributed by atoms with E-state index in [4.69, 9.17) is 5.73 Å². The number of hydrogen-bond donors (Lipinski definition) is 1. The van der Waals surface area contributed by atoms with E-state index >= 15 is 0 Å². The molecule has 0 aliphatic carbocycles. The summed E-state index contributed by atoms with van der Waals surface area (Å²) in [6.07, 6.45) is 0.796. The maximum atomic E-state index is 10.4. The van der Waals surface area contributed by atoms with Gasteiger partial charge in [-0.05, 0) is 18.9 Å². The Hall–Kier alpha value is -1.42. The molecule has 2 N–H and O–H groups in total. The molecule has 1 aromatic rings. The van der Waals surface area contributed by atoms with Crippen LogP contribution in [0.3, 0.4) is 0 Å². The molecule has 0 aromatic heterocycles. The van der Waals surface area contributed by atoms with E-state index in [0.29, 0.717) is 0 Å². The first-order chi connectivity index (χ1) is 6.47. The maximum absolute atomic E-state index is 10.4. The molecule has 0 saturated carbocycles. The van der Waals surface area contributed by atoms with Crippen LogP contribution < -0.4 is 5.73 Å². The van der Waals surface area contributed by atoms with Crippen LogP contribution in [0.1, 0.15) is 25.8 Å². The van der Waals surface area contributed by atoms with E-state index in [0.717, 1.165) is 12.0 Å². The number of nitro benzene ring substituents is 1. The predicted molar refractivity (Wildman–Crippen MR) is 54.9 cm³/mol. The van der Waals surface area contributed by atoms with Gasteiger partial charge in [-0.2, -0.15) is 0 Å². The summed E-state index contributed by atoms with van der Waals surface area (Å²) in [5.41, 5.74) is 6.61. The number of nitro groups is 1.